The van der Waals surface area contributed by atoms with E-state index in [2.05, 4.69) is 9.59 Å². The summed E-state index contributed by atoms with van der Waals surface area (Å²) in [6.07, 6.45) is 0. The fraction of sp³-hybridized carbons (Fsp3) is 0.111. The van der Waals surface area contributed by atoms with Crippen LogP contribution in [0.5, 0.6) is 11.5 Å². The van der Waals surface area contributed by atoms with Gasteiger partial charge in [0.15, 0.2) is 0 Å². The molecule has 4 nitrogen and oxygen atoms in total. The van der Waals surface area contributed by atoms with Gasteiger partial charge in [0.1, 0.15) is 22.2 Å². The zero-order chi connectivity index (χ0) is 11.7. The number of methoxy groups -OCH3 is 1. The minimum atomic E-state index is -0.154. The third-order valence-electron chi connectivity index (χ3n) is 1.99. The van der Waals surface area contributed by atoms with Crippen LogP contribution in [0.3, 0.4) is 0 Å². The first-order valence-corrected chi connectivity index (χ1v) is 5.76. The monoisotopic (exact) mass is 276 g/mol. The summed E-state index contributed by atoms with van der Waals surface area (Å²) >= 11 is 13.1. The average Bonchev–Trinajstić information content (AvgIpc) is 2.77. The molecule has 0 spiro atoms. The van der Waals surface area contributed by atoms with E-state index >= 15 is 0 Å². The van der Waals surface area contributed by atoms with Crippen LogP contribution in [0, 0.1) is 0 Å². The molecule has 0 fully saturated rings. The predicted molar refractivity (Wildman–Crippen MR) is 63.6 cm³/mol. The number of rotatable bonds is 2. The SMILES string of the molecule is COc1cc(Cl)c(-c2csnn2)c(O)c1Cl. The number of aromatic nitrogens is 2. The van der Waals surface area contributed by atoms with Gasteiger partial charge in [-0.25, -0.2) is 0 Å². The second-order valence-corrected chi connectivity index (χ2v) is 4.28. The fourth-order valence-corrected chi connectivity index (χ4v) is 2.21. The summed E-state index contributed by atoms with van der Waals surface area (Å²) in [5.41, 5.74) is 0.846. The standard InChI is InChI=1S/C9H6Cl2N2O2S/c1-15-6-2-4(10)7(9(14)8(6)11)5-3-16-13-12-5/h2-3,14H,1H3. The van der Waals surface area contributed by atoms with Gasteiger partial charge in [-0.1, -0.05) is 27.7 Å². The molecule has 0 radical (unpaired) electrons. The van der Waals surface area contributed by atoms with E-state index in [0.29, 0.717) is 22.0 Å². The van der Waals surface area contributed by atoms with Crippen molar-refractivity contribution in [3.63, 3.8) is 0 Å². The molecule has 7 heteroatoms. The summed E-state index contributed by atoms with van der Waals surface area (Å²) in [4.78, 5) is 0. The number of ether oxygens (including phenoxy) is 1. The van der Waals surface area contributed by atoms with Crippen molar-refractivity contribution in [3.8, 4) is 22.8 Å². The van der Waals surface area contributed by atoms with Crippen LogP contribution in [0.15, 0.2) is 11.4 Å². The maximum atomic E-state index is 9.90. The lowest BCUT2D eigenvalue weighted by atomic mass is 10.1. The van der Waals surface area contributed by atoms with Gasteiger partial charge in [0.2, 0.25) is 0 Å². The topological polar surface area (TPSA) is 55.2 Å². The molecular weight excluding hydrogens is 271 g/mol. The molecule has 0 amide bonds. The predicted octanol–water partition coefficient (Wildman–Crippen LogP) is 3.23. The summed E-state index contributed by atoms with van der Waals surface area (Å²) in [6.45, 7) is 0. The molecule has 0 atom stereocenters. The van der Waals surface area contributed by atoms with E-state index in [1.54, 1.807) is 5.38 Å². The van der Waals surface area contributed by atoms with Crippen molar-refractivity contribution in [2.24, 2.45) is 0 Å². The lowest BCUT2D eigenvalue weighted by molar-refractivity contribution is 0.408. The Hall–Kier alpha value is -1.04. The number of hydrogen-bond donors (Lipinski definition) is 1. The van der Waals surface area contributed by atoms with Gasteiger partial charge in [0.25, 0.3) is 0 Å². The van der Waals surface area contributed by atoms with Crippen LogP contribution in [0.4, 0.5) is 0 Å². The smallest absolute Gasteiger partial charge is 0.148 e. The lowest BCUT2D eigenvalue weighted by Gasteiger charge is -2.09. The highest BCUT2D eigenvalue weighted by atomic mass is 35.5. The van der Waals surface area contributed by atoms with Crippen molar-refractivity contribution in [1.29, 1.82) is 0 Å². The molecule has 0 aliphatic heterocycles. The van der Waals surface area contributed by atoms with Crippen molar-refractivity contribution < 1.29 is 9.84 Å². The Balaban J connectivity index is 2.68. The van der Waals surface area contributed by atoms with Crippen molar-refractivity contribution in [1.82, 2.24) is 9.59 Å². The Morgan fingerprint density at radius 2 is 2.19 bits per heavy atom. The quantitative estimate of drug-likeness (QED) is 0.915. The largest absolute Gasteiger partial charge is 0.505 e. The molecule has 2 rings (SSSR count). The first-order valence-electron chi connectivity index (χ1n) is 4.17. The van der Waals surface area contributed by atoms with E-state index < -0.39 is 0 Å². The molecule has 0 unspecified atom stereocenters. The van der Waals surface area contributed by atoms with Crippen molar-refractivity contribution in [2.75, 3.05) is 7.11 Å². The van der Waals surface area contributed by atoms with Crippen LogP contribution < -0.4 is 4.74 Å². The highest BCUT2D eigenvalue weighted by molar-refractivity contribution is 7.03. The molecule has 84 valence electrons. The van der Waals surface area contributed by atoms with Gasteiger partial charge < -0.3 is 9.84 Å². The molecule has 1 aromatic heterocycles. The number of nitrogens with zero attached hydrogens (tertiary/aromatic N) is 2. The molecule has 1 heterocycles. The van der Waals surface area contributed by atoms with E-state index in [1.165, 1.54) is 13.2 Å². The summed E-state index contributed by atoms with van der Waals surface area (Å²) in [7, 11) is 1.45. The number of hydrogen-bond acceptors (Lipinski definition) is 5. The molecule has 0 bridgehead atoms. The number of aromatic hydroxyl groups is 1. The van der Waals surface area contributed by atoms with E-state index in [0.717, 1.165) is 11.5 Å². The summed E-state index contributed by atoms with van der Waals surface area (Å²) in [5.74, 6) is 0.162. The zero-order valence-electron chi connectivity index (χ0n) is 8.07. The van der Waals surface area contributed by atoms with Crippen LogP contribution in [0.2, 0.25) is 10.0 Å². The molecule has 2 aromatic rings. The highest BCUT2D eigenvalue weighted by Crippen LogP contribution is 2.45. The summed E-state index contributed by atoms with van der Waals surface area (Å²) in [6, 6.07) is 1.53. The van der Waals surface area contributed by atoms with Gasteiger partial charge in [-0.05, 0) is 11.5 Å². The Morgan fingerprint density at radius 1 is 1.44 bits per heavy atom. The maximum Gasteiger partial charge on any atom is 0.148 e. The molecule has 0 saturated heterocycles. The summed E-state index contributed by atoms with van der Waals surface area (Å²) < 4.78 is 8.67. The van der Waals surface area contributed by atoms with Gasteiger partial charge in [-0.2, -0.15) is 0 Å². The maximum absolute atomic E-state index is 9.90. The number of phenols is 1. The second-order valence-electron chi connectivity index (χ2n) is 2.89. The number of benzene rings is 1. The first-order chi connectivity index (χ1) is 7.65. The number of halogens is 2. The van der Waals surface area contributed by atoms with Gasteiger partial charge >= 0.3 is 0 Å². The van der Waals surface area contributed by atoms with Gasteiger partial charge in [-0.3, -0.25) is 0 Å². The Kier molecular flexibility index (Phi) is 3.18. The normalized spacial score (nSPS) is 10.4. The van der Waals surface area contributed by atoms with Crippen LogP contribution in [0.25, 0.3) is 11.3 Å². The van der Waals surface area contributed by atoms with E-state index in [1.807, 2.05) is 0 Å². The molecular formula is C9H6Cl2N2O2S. The van der Waals surface area contributed by atoms with Crippen molar-refractivity contribution in [2.45, 2.75) is 0 Å². The number of phenolic OH excluding ortho intramolecular Hbond substituents is 1. The lowest BCUT2D eigenvalue weighted by Crippen LogP contribution is -1.89. The van der Waals surface area contributed by atoms with Crippen LogP contribution in [-0.4, -0.2) is 21.8 Å². The highest BCUT2D eigenvalue weighted by Gasteiger charge is 2.19. The Bertz CT molecular complexity index is 517. The zero-order valence-corrected chi connectivity index (χ0v) is 10.4. The van der Waals surface area contributed by atoms with Crippen molar-refractivity contribution >= 4 is 34.7 Å². The second kappa shape index (κ2) is 4.45. The molecule has 16 heavy (non-hydrogen) atoms. The van der Waals surface area contributed by atoms with Crippen LogP contribution >= 0.6 is 34.7 Å². The molecule has 0 saturated carbocycles. The van der Waals surface area contributed by atoms with E-state index in [-0.39, 0.29) is 10.8 Å². The molecule has 1 N–H and O–H groups in total. The molecule has 0 aliphatic carbocycles. The van der Waals surface area contributed by atoms with E-state index in [4.69, 9.17) is 27.9 Å². The van der Waals surface area contributed by atoms with Gasteiger partial charge in [-0.15, -0.1) is 5.10 Å². The Morgan fingerprint density at radius 3 is 2.75 bits per heavy atom. The van der Waals surface area contributed by atoms with E-state index in [9.17, 15) is 5.11 Å². The van der Waals surface area contributed by atoms with Gasteiger partial charge in [0, 0.05) is 11.4 Å². The third-order valence-corrected chi connectivity index (χ3v) is 3.16. The Labute approximate surface area is 106 Å². The average molecular weight is 277 g/mol. The van der Waals surface area contributed by atoms with Crippen LogP contribution in [0.1, 0.15) is 0 Å². The van der Waals surface area contributed by atoms with Crippen molar-refractivity contribution in [3.05, 3.63) is 21.5 Å². The molecule has 0 aliphatic rings. The minimum absolute atomic E-state index is 0.106. The first kappa shape index (κ1) is 11.4. The third kappa shape index (κ3) is 1.81. The van der Waals surface area contributed by atoms with Gasteiger partial charge in [0.05, 0.1) is 17.7 Å². The van der Waals surface area contributed by atoms with Crippen LogP contribution in [-0.2, 0) is 0 Å². The minimum Gasteiger partial charge on any atom is -0.505 e. The fourth-order valence-electron chi connectivity index (χ4n) is 1.26. The summed E-state index contributed by atoms with van der Waals surface area (Å²) in [5, 5.41) is 15.8. The molecule has 1 aromatic carbocycles.